The average Bonchev–Trinajstić information content (AvgIpc) is 2.47. The lowest BCUT2D eigenvalue weighted by molar-refractivity contribution is 0.409. The highest BCUT2D eigenvalue weighted by molar-refractivity contribution is 5.55. The second-order valence-electron chi connectivity index (χ2n) is 5.02. The summed E-state index contributed by atoms with van der Waals surface area (Å²) in [6.07, 6.45) is 0. The number of nitrogens with two attached hydrogens (primary N) is 1. The van der Waals surface area contributed by atoms with Gasteiger partial charge in [0.05, 0.1) is 7.11 Å². The maximum atomic E-state index is 6.05. The smallest absolute Gasteiger partial charge is 0.123 e. The van der Waals surface area contributed by atoms with Gasteiger partial charge in [-0.1, -0.05) is 36.4 Å². The number of hydrogen-bond donors (Lipinski definition) is 1. The average molecular weight is 270 g/mol. The first-order chi connectivity index (χ1) is 9.63. The summed E-state index contributed by atoms with van der Waals surface area (Å²) in [4.78, 5) is 2.20. The van der Waals surface area contributed by atoms with Crippen LogP contribution in [0.3, 0.4) is 0 Å². The summed E-state index contributed by atoms with van der Waals surface area (Å²) in [5, 5.41) is 0. The van der Waals surface area contributed by atoms with Crippen LogP contribution in [0, 0.1) is 0 Å². The van der Waals surface area contributed by atoms with E-state index in [0.29, 0.717) is 0 Å². The summed E-state index contributed by atoms with van der Waals surface area (Å²) in [6.45, 7) is 2.80. The number of nitrogens with zero attached hydrogens (tertiary/aromatic N) is 1. The van der Waals surface area contributed by atoms with Gasteiger partial charge in [0.1, 0.15) is 5.75 Å². The minimum absolute atomic E-state index is 0.0197. The van der Waals surface area contributed by atoms with E-state index in [4.69, 9.17) is 10.5 Å². The van der Waals surface area contributed by atoms with E-state index in [1.807, 2.05) is 37.3 Å². The SMILES string of the molecule is COc1ccccc1CN(C)c1ccccc1[C@H](C)N. The van der Waals surface area contributed by atoms with Gasteiger partial charge in [0.2, 0.25) is 0 Å². The van der Waals surface area contributed by atoms with Crippen molar-refractivity contribution in [1.29, 1.82) is 0 Å². The molecular weight excluding hydrogens is 248 g/mol. The summed E-state index contributed by atoms with van der Waals surface area (Å²) in [5.41, 5.74) is 9.53. The molecule has 3 nitrogen and oxygen atoms in total. The molecule has 0 bridgehead atoms. The monoisotopic (exact) mass is 270 g/mol. The molecule has 20 heavy (non-hydrogen) atoms. The number of ether oxygens (including phenoxy) is 1. The van der Waals surface area contributed by atoms with Crippen molar-refractivity contribution in [3.05, 3.63) is 59.7 Å². The van der Waals surface area contributed by atoms with E-state index < -0.39 is 0 Å². The Morgan fingerprint density at radius 1 is 1.10 bits per heavy atom. The van der Waals surface area contributed by atoms with Crippen LogP contribution in [0.2, 0.25) is 0 Å². The van der Waals surface area contributed by atoms with Crippen LogP contribution in [0.15, 0.2) is 48.5 Å². The Bertz CT molecular complexity index is 566. The molecule has 0 saturated carbocycles. The van der Waals surface area contributed by atoms with Gasteiger partial charge in [0.25, 0.3) is 0 Å². The van der Waals surface area contributed by atoms with Gasteiger partial charge in [-0.25, -0.2) is 0 Å². The van der Waals surface area contributed by atoms with Crippen molar-refractivity contribution in [1.82, 2.24) is 0 Å². The fraction of sp³-hybridized carbons (Fsp3) is 0.294. The summed E-state index contributed by atoms with van der Waals surface area (Å²) in [5.74, 6) is 0.914. The second kappa shape index (κ2) is 6.44. The van der Waals surface area contributed by atoms with Crippen LogP contribution in [0.1, 0.15) is 24.1 Å². The molecule has 2 N–H and O–H groups in total. The third kappa shape index (κ3) is 3.11. The van der Waals surface area contributed by atoms with Crippen LogP contribution in [0.4, 0.5) is 5.69 Å². The molecule has 0 radical (unpaired) electrons. The predicted octanol–water partition coefficient (Wildman–Crippen LogP) is 3.35. The maximum Gasteiger partial charge on any atom is 0.123 e. The Morgan fingerprint density at radius 2 is 1.75 bits per heavy atom. The second-order valence-corrected chi connectivity index (χ2v) is 5.02. The summed E-state index contributed by atoms with van der Waals surface area (Å²) in [7, 11) is 3.78. The van der Waals surface area contributed by atoms with Gasteiger partial charge in [-0.15, -0.1) is 0 Å². The molecule has 0 heterocycles. The minimum Gasteiger partial charge on any atom is -0.496 e. The lowest BCUT2D eigenvalue weighted by Crippen LogP contribution is -2.20. The van der Waals surface area contributed by atoms with Crippen molar-refractivity contribution in [2.24, 2.45) is 5.73 Å². The quantitative estimate of drug-likeness (QED) is 0.905. The standard InChI is InChI=1S/C17H22N2O/c1-13(18)15-9-5-6-10-16(15)19(2)12-14-8-4-7-11-17(14)20-3/h4-11,13H,12,18H2,1-3H3/t13-/m0/s1. The molecule has 0 fully saturated rings. The van der Waals surface area contributed by atoms with Crippen molar-refractivity contribution in [2.75, 3.05) is 19.1 Å². The molecule has 2 aromatic rings. The summed E-state index contributed by atoms with van der Waals surface area (Å²) in [6, 6.07) is 16.4. The molecule has 2 rings (SSSR count). The zero-order valence-corrected chi connectivity index (χ0v) is 12.3. The van der Waals surface area contributed by atoms with E-state index in [1.165, 1.54) is 0 Å². The Hall–Kier alpha value is -2.00. The normalized spacial score (nSPS) is 12.0. The Balaban J connectivity index is 2.26. The third-order valence-electron chi connectivity index (χ3n) is 3.44. The number of rotatable bonds is 5. The van der Waals surface area contributed by atoms with Crippen molar-refractivity contribution in [3.63, 3.8) is 0 Å². The van der Waals surface area contributed by atoms with E-state index in [1.54, 1.807) is 7.11 Å². The van der Waals surface area contributed by atoms with Crippen LogP contribution in [0.5, 0.6) is 5.75 Å². The molecule has 0 aliphatic heterocycles. The van der Waals surface area contributed by atoms with E-state index in [-0.39, 0.29) is 6.04 Å². The van der Waals surface area contributed by atoms with E-state index in [9.17, 15) is 0 Å². The molecule has 106 valence electrons. The van der Waals surface area contributed by atoms with E-state index in [0.717, 1.165) is 29.1 Å². The van der Waals surface area contributed by atoms with Crippen LogP contribution < -0.4 is 15.4 Å². The number of benzene rings is 2. The molecule has 3 heteroatoms. The summed E-state index contributed by atoms with van der Waals surface area (Å²) < 4.78 is 5.41. The molecule has 0 aliphatic rings. The highest BCUT2D eigenvalue weighted by Crippen LogP contribution is 2.27. The van der Waals surface area contributed by atoms with Crippen LogP contribution in [0.25, 0.3) is 0 Å². The van der Waals surface area contributed by atoms with Crippen molar-refractivity contribution in [2.45, 2.75) is 19.5 Å². The third-order valence-corrected chi connectivity index (χ3v) is 3.44. The van der Waals surface area contributed by atoms with Crippen LogP contribution >= 0.6 is 0 Å². The molecular formula is C17H22N2O. The number of hydrogen-bond acceptors (Lipinski definition) is 3. The fourth-order valence-electron chi connectivity index (χ4n) is 2.39. The van der Waals surface area contributed by atoms with Gasteiger partial charge >= 0.3 is 0 Å². The van der Waals surface area contributed by atoms with Gasteiger partial charge in [-0.05, 0) is 24.6 Å². The van der Waals surface area contributed by atoms with Crippen LogP contribution in [-0.4, -0.2) is 14.2 Å². The number of anilines is 1. The first-order valence-corrected chi connectivity index (χ1v) is 6.81. The van der Waals surface area contributed by atoms with E-state index >= 15 is 0 Å². The van der Waals surface area contributed by atoms with Gasteiger partial charge in [-0.3, -0.25) is 0 Å². The Morgan fingerprint density at radius 3 is 2.45 bits per heavy atom. The van der Waals surface area contributed by atoms with Gasteiger partial charge in [-0.2, -0.15) is 0 Å². The van der Waals surface area contributed by atoms with Gasteiger partial charge < -0.3 is 15.4 Å². The molecule has 0 spiro atoms. The minimum atomic E-state index is 0.0197. The lowest BCUT2D eigenvalue weighted by Gasteiger charge is -2.24. The predicted molar refractivity (Wildman–Crippen MR) is 84.1 cm³/mol. The first kappa shape index (κ1) is 14.4. The number of para-hydroxylation sites is 2. The van der Waals surface area contributed by atoms with Crippen molar-refractivity contribution >= 4 is 5.69 Å². The molecule has 0 aromatic heterocycles. The Kier molecular flexibility index (Phi) is 4.64. The molecule has 1 atom stereocenters. The van der Waals surface area contributed by atoms with Crippen LogP contribution in [-0.2, 0) is 6.54 Å². The Labute approximate surface area is 121 Å². The van der Waals surface area contributed by atoms with Gasteiger partial charge in [0, 0.05) is 30.9 Å². The first-order valence-electron chi connectivity index (χ1n) is 6.81. The van der Waals surface area contributed by atoms with Crippen molar-refractivity contribution in [3.8, 4) is 5.75 Å². The highest BCUT2D eigenvalue weighted by Gasteiger charge is 2.12. The lowest BCUT2D eigenvalue weighted by atomic mass is 10.1. The number of methoxy groups -OCH3 is 1. The summed E-state index contributed by atoms with van der Waals surface area (Å²) >= 11 is 0. The van der Waals surface area contributed by atoms with E-state index in [2.05, 4.69) is 30.1 Å². The maximum absolute atomic E-state index is 6.05. The highest BCUT2D eigenvalue weighted by atomic mass is 16.5. The molecule has 0 saturated heterocycles. The zero-order valence-electron chi connectivity index (χ0n) is 12.3. The molecule has 0 aliphatic carbocycles. The topological polar surface area (TPSA) is 38.5 Å². The zero-order chi connectivity index (χ0) is 14.5. The molecule has 0 unspecified atom stereocenters. The fourth-order valence-corrected chi connectivity index (χ4v) is 2.39. The van der Waals surface area contributed by atoms with Gasteiger partial charge in [0.15, 0.2) is 0 Å². The van der Waals surface area contributed by atoms with Crippen molar-refractivity contribution < 1.29 is 4.74 Å². The molecule has 2 aromatic carbocycles. The molecule has 0 amide bonds. The largest absolute Gasteiger partial charge is 0.496 e.